The second-order valence-corrected chi connectivity index (χ2v) is 8.14. The number of hydrogen-bond acceptors (Lipinski definition) is 2. The lowest BCUT2D eigenvalue weighted by Gasteiger charge is -2.55. The Bertz CT molecular complexity index is 399. The molecule has 3 rings (SSSR count). The van der Waals surface area contributed by atoms with E-state index in [0.29, 0.717) is 23.8 Å². The van der Waals surface area contributed by atoms with Crippen LogP contribution in [0.4, 0.5) is 0 Å². The van der Waals surface area contributed by atoms with Crippen LogP contribution in [0.25, 0.3) is 0 Å². The molecule has 1 saturated carbocycles. The maximum atomic E-state index is 12.8. The summed E-state index contributed by atoms with van der Waals surface area (Å²) in [6.07, 6.45) is 14.5. The number of unbranched alkanes of at least 4 members (excludes halogenated alkanes) is 3. The van der Waals surface area contributed by atoms with Crippen LogP contribution in [-0.2, 0) is 4.79 Å². The van der Waals surface area contributed by atoms with Crippen molar-refractivity contribution in [1.82, 2.24) is 4.90 Å². The normalized spacial score (nSPS) is 38.8. The van der Waals surface area contributed by atoms with E-state index in [0.717, 1.165) is 18.7 Å². The minimum absolute atomic E-state index is 0.197. The molecule has 2 nitrogen and oxygen atoms in total. The molecular formula is C19H32ClNO. The SMILES string of the molecule is CCCCCC[C@H]1CC(=O)[C@H]2CCCC[C@@]23CC[C@H](CCl)N13. The minimum atomic E-state index is 0.197. The maximum absolute atomic E-state index is 12.8. The first-order chi connectivity index (χ1) is 10.7. The molecule has 0 aromatic rings. The van der Waals surface area contributed by atoms with Crippen molar-refractivity contribution >= 4 is 17.4 Å². The summed E-state index contributed by atoms with van der Waals surface area (Å²) in [7, 11) is 0. The Hall–Kier alpha value is -0.0800. The number of halogens is 1. The predicted octanol–water partition coefficient (Wildman–Crippen LogP) is 4.93. The zero-order valence-corrected chi connectivity index (χ0v) is 14.9. The molecule has 2 aliphatic heterocycles. The molecular weight excluding hydrogens is 294 g/mol. The first-order valence-corrected chi connectivity index (χ1v) is 10.1. The van der Waals surface area contributed by atoms with Gasteiger partial charge in [-0.05, 0) is 32.1 Å². The van der Waals surface area contributed by atoms with E-state index in [-0.39, 0.29) is 5.54 Å². The van der Waals surface area contributed by atoms with Crippen molar-refractivity contribution in [2.45, 2.75) is 102 Å². The van der Waals surface area contributed by atoms with E-state index in [4.69, 9.17) is 11.6 Å². The summed E-state index contributed by atoms with van der Waals surface area (Å²) in [5, 5.41) is 0. The van der Waals surface area contributed by atoms with Crippen LogP contribution in [0, 0.1) is 5.92 Å². The average molecular weight is 326 g/mol. The van der Waals surface area contributed by atoms with Crippen LogP contribution in [0.15, 0.2) is 0 Å². The number of carbonyl (C=O) groups excluding carboxylic acids is 1. The average Bonchev–Trinajstić information content (AvgIpc) is 2.90. The number of Topliss-reactive ketones (excluding diaryl/α,β-unsaturated/α-hetero) is 1. The fourth-order valence-corrected chi connectivity index (χ4v) is 5.98. The first kappa shape index (κ1) is 16.8. The minimum Gasteiger partial charge on any atom is -0.299 e. The fourth-order valence-electron chi connectivity index (χ4n) is 5.67. The van der Waals surface area contributed by atoms with Gasteiger partial charge >= 0.3 is 0 Å². The highest BCUT2D eigenvalue weighted by Gasteiger charge is 2.58. The third-order valence-electron chi connectivity index (χ3n) is 6.61. The third kappa shape index (κ3) is 2.86. The number of hydrogen-bond donors (Lipinski definition) is 0. The summed E-state index contributed by atoms with van der Waals surface area (Å²) in [5.74, 6) is 1.64. The summed E-state index contributed by atoms with van der Waals surface area (Å²) in [6, 6.07) is 0.997. The van der Waals surface area contributed by atoms with Crippen LogP contribution < -0.4 is 0 Å². The number of rotatable bonds is 6. The van der Waals surface area contributed by atoms with Gasteiger partial charge in [-0.25, -0.2) is 0 Å². The zero-order chi connectivity index (χ0) is 15.6. The van der Waals surface area contributed by atoms with Crippen molar-refractivity contribution in [3.63, 3.8) is 0 Å². The van der Waals surface area contributed by atoms with Gasteiger partial charge in [-0.15, -0.1) is 11.6 Å². The van der Waals surface area contributed by atoms with Crippen molar-refractivity contribution in [2.75, 3.05) is 5.88 Å². The molecule has 22 heavy (non-hydrogen) atoms. The molecule has 3 aliphatic rings. The molecule has 1 aliphatic carbocycles. The topological polar surface area (TPSA) is 20.3 Å². The summed E-state index contributed by atoms with van der Waals surface area (Å²) >= 11 is 6.31. The molecule has 0 unspecified atom stereocenters. The van der Waals surface area contributed by atoms with E-state index in [9.17, 15) is 4.79 Å². The van der Waals surface area contributed by atoms with E-state index in [1.165, 1.54) is 64.2 Å². The molecule has 0 radical (unpaired) electrons. The highest BCUT2D eigenvalue weighted by Crippen LogP contribution is 2.53. The van der Waals surface area contributed by atoms with Crippen molar-refractivity contribution in [3.05, 3.63) is 0 Å². The number of piperidine rings is 1. The van der Waals surface area contributed by atoms with Crippen molar-refractivity contribution in [1.29, 1.82) is 0 Å². The number of nitrogens with zero attached hydrogens (tertiary/aromatic N) is 1. The van der Waals surface area contributed by atoms with Gasteiger partial charge in [0.05, 0.1) is 0 Å². The van der Waals surface area contributed by atoms with Crippen LogP contribution >= 0.6 is 11.6 Å². The molecule has 126 valence electrons. The predicted molar refractivity (Wildman–Crippen MR) is 92.4 cm³/mol. The Morgan fingerprint density at radius 2 is 2.00 bits per heavy atom. The van der Waals surface area contributed by atoms with Gasteiger partial charge < -0.3 is 0 Å². The van der Waals surface area contributed by atoms with Gasteiger partial charge in [-0.3, -0.25) is 9.69 Å². The van der Waals surface area contributed by atoms with Crippen LogP contribution in [0.1, 0.15) is 84.0 Å². The lowest BCUT2D eigenvalue weighted by Crippen LogP contribution is -2.64. The summed E-state index contributed by atoms with van der Waals surface area (Å²) in [6.45, 7) is 2.26. The van der Waals surface area contributed by atoms with Gasteiger partial charge in [0.1, 0.15) is 5.78 Å². The van der Waals surface area contributed by atoms with E-state index >= 15 is 0 Å². The summed E-state index contributed by atoms with van der Waals surface area (Å²) < 4.78 is 0. The van der Waals surface area contributed by atoms with Crippen molar-refractivity contribution < 1.29 is 4.79 Å². The molecule has 0 amide bonds. The monoisotopic (exact) mass is 325 g/mol. The molecule has 2 saturated heterocycles. The molecule has 0 bridgehead atoms. The van der Waals surface area contributed by atoms with Crippen LogP contribution in [0.3, 0.4) is 0 Å². The molecule has 2 heterocycles. The Kier molecular flexibility index (Phi) is 5.50. The molecule has 0 N–H and O–H groups in total. The van der Waals surface area contributed by atoms with Gasteiger partial charge in [0.2, 0.25) is 0 Å². The van der Waals surface area contributed by atoms with Crippen LogP contribution in [-0.4, -0.2) is 34.2 Å². The Balaban J connectivity index is 1.77. The number of carbonyl (C=O) groups is 1. The molecule has 0 aromatic heterocycles. The zero-order valence-electron chi connectivity index (χ0n) is 14.2. The smallest absolute Gasteiger partial charge is 0.139 e. The van der Waals surface area contributed by atoms with E-state index in [2.05, 4.69) is 11.8 Å². The number of alkyl halides is 1. The van der Waals surface area contributed by atoms with Crippen molar-refractivity contribution in [3.8, 4) is 0 Å². The highest BCUT2D eigenvalue weighted by molar-refractivity contribution is 6.18. The Morgan fingerprint density at radius 1 is 1.14 bits per heavy atom. The van der Waals surface area contributed by atoms with Gasteiger partial charge in [-0.2, -0.15) is 0 Å². The quantitative estimate of drug-likeness (QED) is 0.509. The summed E-state index contributed by atoms with van der Waals surface area (Å²) in [4.78, 5) is 15.6. The van der Waals surface area contributed by atoms with Crippen molar-refractivity contribution in [2.24, 2.45) is 5.92 Å². The van der Waals surface area contributed by atoms with Gasteiger partial charge in [0.25, 0.3) is 0 Å². The maximum Gasteiger partial charge on any atom is 0.139 e. The number of ketones is 1. The molecule has 3 fully saturated rings. The summed E-state index contributed by atoms with van der Waals surface area (Å²) in [5.41, 5.74) is 0.197. The van der Waals surface area contributed by atoms with Gasteiger partial charge in [0, 0.05) is 35.8 Å². The van der Waals surface area contributed by atoms with Gasteiger partial charge in [0.15, 0.2) is 0 Å². The lowest BCUT2D eigenvalue weighted by molar-refractivity contribution is -0.142. The molecule has 1 spiro atoms. The Labute approximate surface area is 141 Å². The van der Waals surface area contributed by atoms with E-state index in [1.807, 2.05) is 0 Å². The van der Waals surface area contributed by atoms with Crippen LogP contribution in [0.5, 0.6) is 0 Å². The Morgan fingerprint density at radius 3 is 2.77 bits per heavy atom. The first-order valence-electron chi connectivity index (χ1n) is 9.60. The standard InChI is InChI=1S/C19H32ClNO/c1-2-3-4-5-8-15-13-18(22)17-9-6-7-11-19(17)12-10-16(14-20)21(15)19/h15-17H,2-14H2,1H3/t15-,16+,17+,19+/m0/s1. The largest absolute Gasteiger partial charge is 0.299 e. The lowest BCUT2D eigenvalue weighted by atomic mass is 9.65. The highest BCUT2D eigenvalue weighted by atomic mass is 35.5. The van der Waals surface area contributed by atoms with Gasteiger partial charge in [-0.1, -0.05) is 45.4 Å². The fraction of sp³-hybridized carbons (Fsp3) is 0.947. The third-order valence-corrected chi connectivity index (χ3v) is 6.96. The molecule has 0 aromatic carbocycles. The molecule has 4 atom stereocenters. The second kappa shape index (κ2) is 7.21. The van der Waals surface area contributed by atoms with E-state index in [1.54, 1.807) is 0 Å². The van der Waals surface area contributed by atoms with E-state index < -0.39 is 0 Å². The molecule has 3 heteroatoms. The second-order valence-electron chi connectivity index (χ2n) is 7.83. The van der Waals surface area contributed by atoms with Crippen LogP contribution in [0.2, 0.25) is 0 Å².